The number of anilines is 1. The average molecular weight is 324 g/mol. The van der Waals surface area contributed by atoms with E-state index in [0.717, 1.165) is 5.75 Å². The summed E-state index contributed by atoms with van der Waals surface area (Å²) >= 11 is 7.43. The smallest absolute Gasteiger partial charge is 0.237 e. The van der Waals surface area contributed by atoms with Crippen molar-refractivity contribution in [3.8, 4) is 0 Å². The lowest BCUT2D eigenvalue weighted by atomic mass is 10.2. The van der Waals surface area contributed by atoms with Crippen molar-refractivity contribution in [1.29, 1.82) is 0 Å². The summed E-state index contributed by atoms with van der Waals surface area (Å²) in [6.07, 6.45) is 0. The van der Waals surface area contributed by atoms with E-state index in [4.69, 9.17) is 11.6 Å². The third kappa shape index (κ3) is 4.76. The van der Waals surface area contributed by atoms with Crippen LogP contribution in [0.2, 0.25) is 5.02 Å². The minimum Gasteiger partial charge on any atom is -0.324 e. The summed E-state index contributed by atoms with van der Waals surface area (Å²) < 4.78 is 13.0. The van der Waals surface area contributed by atoms with Crippen LogP contribution in [0, 0.1) is 5.82 Å². The summed E-state index contributed by atoms with van der Waals surface area (Å²) in [5.41, 5.74) is 1.59. The molecule has 0 spiro atoms. The minimum absolute atomic E-state index is 0.149. The molecular formula is C16H15ClFNOS. The molecule has 0 unspecified atom stereocenters. The monoisotopic (exact) mass is 323 g/mol. The van der Waals surface area contributed by atoms with Crippen LogP contribution in [0.5, 0.6) is 0 Å². The molecule has 0 bridgehead atoms. The maximum absolute atomic E-state index is 13.0. The van der Waals surface area contributed by atoms with Crippen LogP contribution < -0.4 is 5.32 Å². The first-order valence-corrected chi connectivity index (χ1v) is 7.90. The highest BCUT2D eigenvalue weighted by Gasteiger charge is 2.15. The fourth-order valence-electron chi connectivity index (χ4n) is 1.70. The molecule has 2 aromatic rings. The van der Waals surface area contributed by atoms with Crippen molar-refractivity contribution >= 4 is 35.0 Å². The van der Waals surface area contributed by atoms with Gasteiger partial charge in [-0.1, -0.05) is 41.9 Å². The molecule has 110 valence electrons. The number of hydrogen-bond donors (Lipinski definition) is 1. The first-order valence-electron chi connectivity index (χ1n) is 6.47. The molecular weight excluding hydrogens is 309 g/mol. The summed E-state index contributed by atoms with van der Waals surface area (Å²) in [5.74, 6) is 0.181. The number of halogens is 2. The molecule has 0 aliphatic heterocycles. The Labute approximate surface area is 132 Å². The highest BCUT2D eigenvalue weighted by molar-refractivity contribution is 7.99. The Kier molecular flexibility index (Phi) is 5.65. The number of nitrogens with one attached hydrogen (secondary N) is 1. The number of hydrogen-bond acceptors (Lipinski definition) is 2. The number of amides is 1. The van der Waals surface area contributed by atoms with E-state index in [1.54, 1.807) is 0 Å². The molecule has 21 heavy (non-hydrogen) atoms. The van der Waals surface area contributed by atoms with Gasteiger partial charge >= 0.3 is 0 Å². The van der Waals surface area contributed by atoms with Crippen molar-refractivity contribution in [2.75, 3.05) is 5.32 Å². The second-order valence-electron chi connectivity index (χ2n) is 4.55. The Morgan fingerprint density at radius 3 is 2.67 bits per heavy atom. The maximum atomic E-state index is 13.0. The standard InChI is InChI=1S/C16H15ClFNOS/c1-11(21-10-12-5-3-2-4-6-12)16(20)19-15-8-7-13(18)9-14(15)17/h2-9,11H,10H2,1H3,(H,19,20)/t11-/m1/s1. The fourth-order valence-corrected chi connectivity index (χ4v) is 2.76. The molecule has 0 aliphatic carbocycles. The van der Waals surface area contributed by atoms with E-state index in [0.29, 0.717) is 5.69 Å². The molecule has 1 amide bonds. The predicted molar refractivity (Wildman–Crippen MR) is 87.2 cm³/mol. The summed E-state index contributed by atoms with van der Waals surface area (Å²) in [6, 6.07) is 13.9. The second-order valence-corrected chi connectivity index (χ2v) is 6.29. The molecule has 0 aliphatic rings. The van der Waals surface area contributed by atoms with E-state index in [1.807, 2.05) is 37.3 Å². The van der Waals surface area contributed by atoms with E-state index < -0.39 is 5.82 Å². The Morgan fingerprint density at radius 2 is 2.00 bits per heavy atom. The molecule has 2 nitrogen and oxygen atoms in total. The molecule has 0 saturated heterocycles. The van der Waals surface area contributed by atoms with E-state index in [9.17, 15) is 9.18 Å². The summed E-state index contributed by atoms with van der Waals surface area (Å²) in [4.78, 5) is 12.1. The molecule has 0 fully saturated rings. The van der Waals surface area contributed by atoms with Gasteiger partial charge in [-0.05, 0) is 30.7 Å². The van der Waals surface area contributed by atoms with E-state index in [2.05, 4.69) is 5.32 Å². The van der Waals surface area contributed by atoms with Crippen LogP contribution in [0.4, 0.5) is 10.1 Å². The molecule has 0 aromatic heterocycles. The van der Waals surface area contributed by atoms with Crippen LogP contribution in [0.1, 0.15) is 12.5 Å². The third-order valence-electron chi connectivity index (χ3n) is 2.90. The topological polar surface area (TPSA) is 29.1 Å². The molecule has 2 rings (SSSR count). The highest BCUT2D eigenvalue weighted by Crippen LogP contribution is 2.24. The largest absolute Gasteiger partial charge is 0.324 e. The van der Waals surface area contributed by atoms with Crippen molar-refractivity contribution in [1.82, 2.24) is 0 Å². The van der Waals surface area contributed by atoms with Gasteiger partial charge in [0, 0.05) is 5.75 Å². The van der Waals surface area contributed by atoms with Gasteiger partial charge in [0.05, 0.1) is 16.0 Å². The Hall–Kier alpha value is -1.52. The van der Waals surface area contributed by atoms with Crippen LogP contribution in [0.15, 0.2) is 48.5 Å². The van der Waals surface area contributed by atoms with Crippen molar-refractivity contribution in [3.05, 3.63) is 64.9 Å². The zero-order valence-electron chi connectivity index (χ0n) is 11.5. The first-order chi connectivity index (χ1) is 10.1. The Morgan fingerprint density at radius 1 is 1.29 bits per heavy atom. The van der Waals surface area contributed by atoms with Gasteiger partial charge in [-0.25, -0.2) is 4.39 Å². The zero-order chi connectivity index (χ0) is 15.2. The number of thioether (sulfide) groups is 1. The fraction of sp³-hybridized carbons (Fsp3) is 0.188. The van der Waals surface area contributed by atoms with Crippen molar-refractivity contribution in [2.24, 2.45) is 0 Å². The average Bonchev–Trinajstić information content (AvgIpc) is 2.48. The van der Waals surface area contributed by atoms with Crippen LogP contribution in [0.25, 0.3) is 0 Å². The van der Waals surface area contributed by atoms with E-state index in [-0.39, 0.29) is 16.2 Å². The predicted octanol–water partition coefficient (Wildman–Crippen LogP) is 4.74. The molecule has 0 saturated carbocycles. The van der Waals surface area contributed by atoms with Crippen molar-refractivity contribution in [2.45, 2.75) is 17.9 Å². The molecule has 0 heterocycles. The Balaban J connectivity index is 1.90. The van der Waals surface area contributed by atoms with Crippen molar-refractivity contribution in [3.63, 3.8) is 0 Å². The van der Waals surface area contributed by atoms with Gasteiger partial charge in [0.2, 0.25) is 5.91 Å². The van der Waals surface area contributed by atoms with Crippen molar-refractivity contribution < 1.29 is 9.18 Å². The van der Waals surface area contributed by atoms with E-state index in [1.165, 1.54) is 35.5 Å². The quantitative estimate of drug-likeness (QED) is 0.861. The maximum Gasteiger partial charge on any atom is 0.237 e. The third-order valence-corrected chi connectivity index (χ3v) is 4.43. The van der Waals surface area contributed by atoms with Gasteiger partial charge in [-0.15, -0.1) is 11.8 Å². The van der Waals surface area contributed by atoms with Gasteiger partial charge in [-0.3, -0.25) is 4.79 Å². The molecule has 5 heteroatoms. The van der Waals surface area contributed by atoms with Crippen LogP contribution in [-0.2, 0) is 10.5 Å². The zero-order valence-corrected chi connectivity index (χ0v) is 13.0. The lowest BCUT2D eigenvalue weighted by Gasteiger charge is -2.13. The van der Waals surface area contributed by atoms with E-state index >= 15 is 0 Å². The van der Waals surface area contributed by atoms with Gasteiger partial charge in [0.1, 0.15) is 5.82 Å². The summed E-state index contributed by atoms with van der Waals surface area (Å²) in [7, 11) is 0. The second kappa shape index (κ2) is 7.48. The van der Waals surface area contributed by atoms with Crippen LogP contribution >= 0.6 is 23.4 Å². The molecule has 0 radical (unpaired) electrons. The molecule has 1 atom stereocenters. The summed E-state index contributed by atoms with van der Waals surface area (Å²) in [6.45, 7) is 1.83. The lowest BCUT2D eigenvalue weighted by molar-refractivity contribution is -0.115. The summed E-state index contributed by atoms with van der Waals surface area (Å²) in [5, 5.41) is 2.68. The highest BCUT2D eigenvalue weighted by atomic mass is 35.5. The normalized spacial score (nSPS) is 12.0. The van der Waals surface area contributed by atoms with Crippen LogP contribution in [0.3, 0.4) is 0 Å². The van der Waals surface area contributed by atoms with Gasteiger partial charge < -0.3 is 5.32 Å². The number of benzene rings is 2. The molecule has 1 N–H and O–H groups in total. The SMILES string of the molecule is C[C@@H](SCc1ccccc1)C(=O)Nc1ccc(F)cc1Cl. The molecule has 2 aromatic carbocycles. The van der Waals surface area contributed by atoms with Gasteiger partial charge in [0.25, 0.3) is 0 Å². The first kappa shape index (κ1) is 15.9. The number of carbonyl (C=O) groups is 1. The minimum atomic E-state index is -0.426. The number of carbonyl (C=O) groups excluding carboxylic acids is 1. The Bertz CT molecular complexity index is 621. The number of rotatable bonds is 5. The lowest BCUT2D eigenvalue weighted by Crippen LogP contribution is -2.22. The van der Waals surface area contributed by atoms with Gasteiger partial charge in [-0.2, -0.15) is 0 Å². The van der Waals surface area contributed by atoms with Gasteiger partial charge in [0.15, 0.2) is 0 Å². The van der Waals surface area contributed by atoms with Crippen LogP contribution in [-0.4, -0.2) is 11.2 Å².